The third-order valence-electron chi connectivity index (χ3n) is 3.15. The van der Waals surface area contributed by atoms with Gasteiger partial charge >= 0.3 is 0 Å². The predicted molar refractivity (Wildman–Crippen MR) is 99.3 cm³/mol. The third-order valence-corrected chi connectivity index (χ3v) is 5.19. The molecule has 0 aliphatic heterocycles. The fourth-order valence-corrected chi connectivity index (χ4v) is 2.78. The molecule has 6 nitrogen and oxygen atoms in total. The largest absolute Gasteiger partial charge is 0.360 e. The molecule has 0 aliphatic rings. The fourth-order valence-electron chi connectivity index (χ4n) is 1.85. The summed E-state index contributed by atoms with van der Waals surface area (Å²) in [5.41, 5.74) is 1.77. The van der Waals surface area contributed by atoms with Crippen LogP contribution in [0.3, 0.4) is 0 Å². The highest BCUT2D eigenvalue weighted by Crippen LogP contribution is 2.20. The maximum absolute atomic E-state index is 12.0. The molecule has 1 aromatic heterocycles. The summed E-state index contributed by atoms with van der Waals surface area (Å²) < 4.78 is 5.88. The molecule has 0 fully saturated rings. The monoisotopic (exact) mass is 411 g/mol. The first-order chi connectivity index (χ1) is 11.3. The average molecular weight is 412 g/mol. The number of carbonyl (C=O) groups is 2. The van der Waals surface area contributed by atoms with Crippen LogP contribution in [0, 0.1) is 13.8 Å². The quantitative estimate of drug-likeness (QED) is 0.755. The van der Waals surface area contributed by atoms with Crippen molar-refractivity contribution in [3.63, 3.8) is 0 Å². The molecule has 0 radical (unpaired) electrons. The van der Waals surface area contributed by atoms with Crippen LogP contribution in [0.1, 0.15) is 18.2 Å². The summed E-state index contributed by atoms with van der Waals surface area (Å²) in [7, 11) is 0. The first-order valence-electron chi connectivity index (χ1n) is 7.27. The second kappa shape index (κ2) is 8.34. The van der Waals surface area contributed by atoms with Crippen LogP contribution in [0.15, 0.2) is 33.3 Å². The number of hydrogen-bond acceptors (Lipinski definition) is 5. The SMILES string of the molecule is Cc1cc(NC(=O)C(C)SCC(=O)Nc2ccc(Br)c(C)c2)no1. The number of halogens is 1. The van der Waals surface area contributed by atoms with E-state index in [1.165, 1.54) is 11.8 Å². The Kier molecular flexibility index (Phi) is 6.44. The number of carbonyl (C=O) groups excluding carboxylic acids is 2. The van der Waals surface area contributed by atoms with E-state index < -0.39 is 0 Å². The van der Waals surface area contributed by atoms with Gasteiger partial charge in [0, 0.05) is 16.2 Å². The molecule has 1 unspecified atom stereocenters. The van der Waals surface area contributed by atoms with E-state index in [1.54, 1.807) is 19.9 Å². The maximum atomic E-state index is 12.0. The average Bonchev–Trinajstić information content (AvgIpc) is 2.93. The standard InChI is InChI=1S/C16H18BrN3O3S/c1-9-6-12(4-5-13(9)17)18-15(21)8-24-11(3)16(22)19-14-7-10(2)23-20-14/h4-7,11H,8H2,1-3H3,(H,18,21)(H,19,20,22). The first kappa shape index (κ1) is 18.5. The number of amides is 2. The summed E-state index contributed by atoms with van der Waals surface area (Å²) in [6.07, 6.45) is 0. The molecule has 2 rings (SSSR count). The zero-order valence-corrected chi connectivity index (χ0v) is 16.0. The number of hydrogen-bond donors (Lipinski definition) is 2. The Morgan fingerprint density at radius 3 is 2.67 bits per heavy atom. The predicted octanol–water partition coefficient (Wildman–Crippen LogP) is 3.75. The number of anilines is 2. The Hall–Kier alpha value is -1.80. The Morgan fingerprint density at radius 2 is 2.04 bits per heavy atom. The van der Waals surface area contributed by atoms with E-state index in [4.69, 9.17) is 4.52 Å². The van der Waals surface area contributed by atoms with Crippen molar-refractivity contribution >= 4 is 51.0 Å². The van der Waals surface area contributed by atoms with Crippen LogP contribution in [0.5, 0.6) is 0 Å². The lowest BCUT2D eigenvalue weighted by molar-refractivity contribution is -0.115. The Labute approximate surface area is 152 Å². The molecule has 2 amide bonds. The number of rotatable bonds is 6. The third kappa shape index (κ3) is 5.38. The van der Waals surface area contributed by atoms with E-state index in [0.29, 0.717) is 11.6 Å². The molecule has 0 spiro atoms. The minimum absolute atomic E-state index is 0.154. The molecule has 1 heterocycles. The lowest BCUT2D eigenvalue weighted by Crippen LogP contribution is -2.25. The van der Waals surface area contributed by atoms with Crippen molar-refractivity contribution in [2.45, 2.75) is 26.0 Å². The van der Waals surface area contributed by atoms with Crippen molar-refractivity contribution in [2.24, 2.45) is 0 Å². The van der Waals surface area contributed by atoms with Crippen molar-refractivity contribution in [3.8, 4) is 0 Å². The smallest absolute Gasteiger partial charge is 0.238 e. The Morgan fingerprint density at radius 1 is 1.29 bits per heavy atom. The number of thioether (sulfide) groups is 1. The molecule has 0 saturated heterocycles. The van der Waals surface area contributed by atoms with E-state index in [9.17, 15) is 9.59 Å². The van der Waals surface area contributed by atoms with Gasteiger partial charge in [0.1, 0.15) is 5.76 Å². The molecule has 2 N–H and O–H groups in total. The normalized spacial score (nSPS) is 11.8. The lowest BCUT2D eigenvalue weighted by Gasteiger charge is -2.11. The first-order valence-corrected chi connectivity index (χ1v) is 9.11. The molecular weight excluding hydrogens is 394 g/mol. The number of benzene rings is 1. The Bertz CT molecular complexity index is 748. The van der Waals surface area contributed by atoms with E-state index in [0.717, 1.165) is 15.7 Å². The van der Waals surface area contributed by atoms with E-state index >= 15 is 0 Å². The zero-order chi connectivity index (χ0) is 17.7. The Balaban J connectivity index is 1.79. The topological polar surface area (TPSA) is 84.2 Å². The fraction of sp³-hybridized carbons (Fsp3) is 0.312. The van der Waals surface area contributed by atoms with Gasteiger partial charge in [0.05, 0.1) is 11.0 Å². The van der Waals surface area contributed by atoms with Crippen molar-refractivity contribution in [1.29, 1.82) is 0 Å². The van der Waals surface area contributed by atoms with Gasteiger partial charge in [-0.1, -0.05) is 21.1 Å². The van der Waals surface area contributed by atoms with Gasteiger partial charge in [-0.25, -0.2) is 0 Å². The van der Waals surface area contributed by atoms with Crippen LogP contribution in [-0.4, -0.2) is 28.0 Å². The molecule has 0 saturated carbocycles. The van der Waals surface area contributed by atoms with Crippen LogP contribution in [0.4, 0.5) is 11.5 Å². The summed E-state index contributed by atoms with van der Waals surface area (Å²) in [5, 5.41) is 8.78. The van der Waals surface area contributed by atoms with Crippen molar-refractivity contribution in [2.75, 3.05) is 16.4 Å². The highest BCUT2D eigenvalue weighted by Gasteiger charge is 2.17. The summed E-state index contributed by atoms with van der Waals surface area (Å²) in [5.74, 6) is 0.801. The van der Waals surface area contributed by atoms with Gasteiger partial charge in [-0.3, -0.25) is 9.59 Å². The van der Waals surface area contributed by atoms with Crippen molar-refractivity contribution in [1.82, 2.24) is 5.16 Å². The second-order valence-electron chi connectivity index (χ2n) is 5.28. The van der Waals surface area contributed by atoms with Crippen LogP contribution in [-0.2, 0) is 9.59 Å². The van der Waals surface area contributed by atoms with E-state index in [1.807, 2.05) is 25.1 Å². The minimum Gasteiger partial charge on any atom is -0.360 e. The molecule has 0 bridgehead atoms. The van der Waals surface area contributed by atoms with Gasteiger partial charge in [0.25, 0.3) is 0 Å². The number of aryl methyl sites for hydroxylation is 2. The summed E-state index contributed by atoms with van der Waals surface area (Å²) in [6.45, 7) is 5.44. The molecule has 8 heteroatoms. The summed E-state index contributed by atoms with van der Waals surface area (Å²) in [4.78, 5) is 24.0. The summed E-state index contributed by atoms with van der Waals surface area (Å²) >= 11 is 4.67. The molecule has 128 valence electrons. The van der Waals surface area contributed by atoms with Crippen LogP contribution in [0.2, 0.25) is 0 Å². The van der Waals surface area contributed by atoms with Gasteiger partial charge in [0.15, 0.2) is 5.82 Å². The van der Waals surface area contributed by atoms with Crippen LogP contribution in [0.25, 0.3) is 0 Å². The molecule has 24 heavy (non-hydrogen) atoms. The molecule has 1 aromatic carbocycles. The molecule has 0 aliphatic carbocycles. The van der Waals surface area contributed by atoms with Crippen molar-refractivity contribution in [3.05, 3.63) is 40.1 Å². The van der Waals surface area contributed by atoms with E-state index in [2.05, 4.69) is 31.7 Å². The van der Waals surface area contributed by atoms with Crippen LogP contribution >= 0.6 is 27.7 Å². The van der Waals surface area contributed by atoms with Crippen molar-refractivity contribution < 1.29 is 14.1 Å². The minimum atomic E-state index is -0.389. The van der Waals surface area contributed by atoms with Gasteiger partial charge in [0.2, 0.25) is 11.8 Å². The number of nitrogens with zero attached hydrogens (tertiary/aromatic N) is 1. The van der Waals surface area contributed by atoms with Gasteiger partial charge in [-0.2, -0.15) is 0 Å². The second-order valence-corrected chi connectivity index (χ2v) is 7.46. The molecule has 1 atom stereocenters. The highest BCUT2D eigenvalue weighted by molar-refractivity contribution is 9.10. The molecular formula is C16H18BrN3O3S. The van der Waals surface area contributed by atoms with Gasteiger partial charge < -0.3 is 15.2 Å². The lowest BCUT2D eigenvalue weighted by atomic mass is 10.2. The number of aromatic nitrogens is 1. The zero-order valence-electron chi connectivity index (χ0n) is 13.6. The maximum Gasteiger partial charge on any atom is 0.238 e. The van der Waals surface area contributed by atoms with Gasteiger partial charge in [-0.05, 0) is 44.5 Å². The number of nitrogens with one attached hydrogen (secondary N) is 2. The highest BCUT2D eigenvalue weighted by atomic mass is 79.9. The summed E-state index contributed by atoms with van der Waals surface area (Å²) in [6, 6.07) is 7.23. The van der Waals surface area contributed by atoms with Crippen LogP contribution < -0.4 is 10.6 Å². The molecule has 2 aromatic rings. The van der Waals surface area contributed by atoms with E-state index in [-0.39, 0.29) is 22.8 Å². The van der Waals surface area contributed by atoms with Gasteiger partial charge in [-0.15, -0.1) is 11.8 Å².